The highest BCUT2D eigenvalue weighted by Crippen LogP contribution is 2.28. The lowest BCUT2D eigenvalue weighted by molar-refractivity contribution is -0.121. The number of para-hydroxylation sites is 2. The highest BCUT2D eigenvalue weighted by Gasteiger charge is 2.22. The SMILES string of the molecule is CCN1CCC(CNC(=O)CCc2oc(-n3cnc4ccccc43)nc2-c2ccc(C)cc2)C1. The van der Waals surface area contributed by atoms with E-state index < -0.39 is 0 Å². The van der Waals surface area contributed by atoms with Crippen LogP contribution in [0.15, 0.2) is 59.3 Å². The lowest BCUT2D eigenvalue weighted by Crippen LogP contribution is -2.31. The minimum atomic E-state index is 0.0517. The molecule has 2 aromatic heterocycles. The zero-order valence-corrected chi connectivity index (χ0v) is 19.8. The van der Waals surface area contributed by atoms with Crippen LogP contribution in [0.3, 0.4) is 0 Å². The molecule has 5 rings (SSSR count). The highest BCUT2D eigenvalue weighted by molar-refractivity contribution is 5.77. The Labute approximate surface area is 199 Å². The van der Waals surface area contributed by atoms with Crippen LogP contribution >= 0.6 is 0 Å². The maximum absolute atomic E-state index is 12.6. The number of fused-ring (bicyclic) bond motifs is 1. The van der Waals surface area contributed by atoms with Crippen LogP contribution in [0.2, 0.25) is 0 Å². The van der Waals surface area contributed by atoms with E-state index in [0.29, 0.717) is 30.5 Å². The number of carbonyl (C=O) groups is 1. The van der Waals surface area contributed by atoms with E-state index in [9.17, 15) is 4.79 Å². The summed E-state index contributed by atoms with van der Waals surface area (Å²) in [7, 11) is 0. The third-order valence-electron chi connectivity index (χ3n) is 6.65. The number of hydrogen-bond acceptors (Lipinski definition) is 5. The van der Waals surface area contributed by atoms with Gasteiger partial charge in [0.15, 0.2) is 0 Å². The molecule has 0 radical (unpaired) electrons. The maximum atomic E-state index is 12.6. The molecule has 1 aliphatic heterocycles. The average molecular weight is 458 g/mol. The summed E-state index contributed by atoms with van der Waals surface area (Å²) >= 11 is 0. The van der Waals surface area contributed by atoms with Gasteiger partial charge in [-0.2, -0.15) is 4.98 Å². The summed E-state index contributed by atoms with van der Waals surface area (Å²) in [6.45, 7) is 8.25. The molecular formula is C27H31N5O2. The van der Waals surface area contributed by atoms with Crippen molar-refractivity contribution in [3.63, 3.8) is 0 Å². The molecule has 0 spiro atoms. The van der Waals surface area contributed by atoms with Crippen molar-refractivity contribution in [2.24, 2.45) is 5.92 Å². The number of aryl methyl sites for hydroxylation is 2. The van der Waals surface area contributed by atoms with Crippen LogP contribution in [-0.4, -0.2) is 51.5 Å². The Morgan fingerprint density at radius 1 is 1.18 bits per heavy atom. The Kier molecular flexibility index (Phi) is 6.45. The number of oxazole rings is 1. The molecular weight excluding hydrogens is 426 g/mol. The van der Waals surface area contributed by atoms with Crippen molar-refractivity contribution in [2.75, 3.05) is 26.2 Å². The summed E-state index contributed by atoms with van der Waals surface area (Å²) in [6, 6.07) is 16.6. The molecule has 0 bridgehead atoms. The molecule has 34 heavy (non-hydrogen) atoms. The normalized spacial score (nSPS) is 16.4. The molecule has 7 heteroatoms. The topological polar surface area (TPSA) is 76.2 Å². The van der Waals surface area contributed by atoms with Gasteiger partial charge in [0, 0.05) is 31.5 Å². The molecule has 2 aromatic carbocycles. The predicted molar refractivity (Wildman–Crippen MR) is 133 cm³/mol. The van der Waals surface area contributed by atoms with Crippen molar-refractivity contribution in [1.82, 2.24) is 24.8 Å². The summed E-state index contributed by atoms with van der Waals surface area (Å²) in [5, 5.41) is 3.12. The second kappa shape index (κ2) is 9.81. The van der Waals surface area contributed by atoms with E-state index in [1.165, 1.54) is 5.56 Å². The summed E-state index contributed by atoms with van der Waals surface area (Å²) in [6.07, 6.45) is 3.73. The van der Waals surface area contributed by atoms with Gasteiger partial charge in [0.1, 0.15) is 17.8 Å². The van der Waals surface area contributed by atoms with Crippen molar-refractivity contribution in [3.8, 4) is 17.3 Å². The lowest BCUT2D eigenvalue weighted by Gasteiger charge is -2.13. The molecule has 1 amide bonds. The Morgan fingerprint density at radius 3 is 2.79 bits per heavy atom. The van der Waals surface area contributed by atoms with Crippen LogP contribution in [0.1, 0.15) is 31.1 Å². The third kappa shape index (κ3) is 4.75. The number of carbonyl (C=O) groups excluding carboxylic acids is 1. The van der Waals surface area contributed by atoms with Crippen molar-refractivity contribution in [3.05, 3.63) is 66.2 Å². The van der Waals surface area contributed by atoms with E-state index in [1.54, 1.807) is 6.33 Å². The van der Waals surface area contributed by atoms with Crippen molar-refractivity contribution < 1.29 is 9.21 Å². The molecule has 1 N–H and O–H groups in total. The van der Waals surface area contributed by atoms with E-state index in [1.807, 2.05) is 41.0 Å². The molecule has 7 nitrogen and oxygen atoms in total. The first-order valence-corrected chi connectivity index (χ1v) is 12.1. The smallest absolute Gasteiger partial charge is 0.308 e. The molecule has 176 valence electrons. The fourth-order valence-electron chi connectivity index (χ4n) is 4.60. The Bertz CT molecular complexity index is 1270. The summed E-state index contributed by atoms with van der Waals surface area (Å²) < 4.78 is 8.09. The number of hydrogen-bond donors (Lipinski definition) is 1. The van der Waals surface area contributed by atoms with Gasteiger partial charge in [-0.05, 0) is 44.5 Å². The van der Waals surface area contributed by atoms with E-state index in [0.717, 1.165) is 54.9 Å². The summed E-state index contributed by atoms with van der Waals surface area (Å²) in [5.41, 5.74) is 4.75. The number of imidazole rings is 1. The van der Waals surface area contributed by atoms with Crippen LogP contribution in [0.5, 0.6) is 0 Å². The van der Waals surface area contributed by atoms with Crippen LogP contribution in [0.25, 0.3) is 28.3 Å². The standard InChI is InChI=1S/C27H31N5O2/c1-3-31-15-14-20(17-31)16-28-25(33)13-12-24-26(21-10-8-19(2)9-11-21)30-27(34-24)32-18-29-22-6-4-5-7-23(22)32/h4-11,18,20H,3,12-17H2,1-2H3,(H,28,33). The van der Waals surface area contributed by atoms with Gasteiger partial charge in [-0.1, -0.05) is 48.9 Å². The second-order valence-electron chi connectivity index (χ2n) is 9.09. The summed E-state index contributed by atoms with van der Waals surface area (Å²) in [5.74, 6) is 1.30. The zero-order chi connectivity index (χ0) is 23.5. The average Bonchev–Trinajstić information content (AvgIpc) is 3.59. The van der Waals surface area contributed by atoms with E-state index in [2.05, 4.69) is 41.2 Å². The highest BCUT2D eigenvalue weighted by atomic mass is 16.4. The van der Waals surface area contributed by atoms with Gasteiger partial charge in [0.25, 0.3) is 0 Å². The fraction of sp³-hybridized carbons (Fsp3) is 0.370. The van der Waals surface area contributed by atoms with Crippen LogP contribution in [-0.2, 0) is 11.2 Å². The number of nitrogens with zero attached hydrogens (tertiary/aromatic N) is 4. The number of amides is 1. The van der Waals surface area contributed by atoms with Crippen LogP contribution in [0.4, 0.5) is 0 Å². The van der Waals surface area contributed by atoms with E-state index in [-0.39, 0.29) is 5.91 Å². The van der Waals surface area contributed by atoms with Crippen molar-refractivity contribution in [2.45, 2.75) is 33.1 Å². The van der Waals surface area contributed by atoms with Gasteiger partial charge >= 0.3 is 6.01 Å². The van der Waals surface area contributed by atoms with Gasteiger partial charge in [0.2, 0.25) is 5.91 Å². The summed E-state index contributed by atoms with van der Waals surface area (Å²) in [4.78, 5) is 24.3. The Hall–Kier alpha value is -3.45. The molecule has 3 heterocycles. The number of nitrogens with one attached hydrogen (secondary N) is 1. The van der Waals surface area contributed by atoms with E-state index in [4.69, 9.17) is 9.40 Å². The van der Waals surface area contributed by atoms with Gasteiger partial charge < -0.3 is 14.6 Å². The number of rotatable bonds is 8. The molecule has 4 aromatic rings. The zero-order valence-electron chi connectivity index (χ0n) is 19.8. The third-order valence-corrected chi connectivity index (χ3v) is 6.65. The second-order valence-corrected chi connectivity index (χ2v) is 9.09. The Balaban J connectivity index is 1.34. The molecule has 1 aliphatic rings. The van der Waals surface area contributed by atoms with Gasteiger partial charge in [-0.3, -0.25) is 9.36 Å². The minimum Gasteiger partial charge on any atom is -0.427 e. The molecule has 1 unspecified atom stereocenters. The molecule has 1 atom stereocenters. The monoisotopic (exact) mass is 457 g/mol. The first-order chi connectivity index (χ1) is 16.6. The Morgan fingerprint density at radius 2 is 2.00 bits per heavy atom. The van der Waals surface area contributed by atoms with Gasteiger partial charge in [-0.15, -0.1) is 0 Å². The van der Waals surface area contributed by atoms with Crippen LogP contribution in [0, 0.1) is 12.8 Å². The van der Waals surface area contributed by atoms with E-state index >= 15 is 0 Å². The number of benzene rings is 2. The number of likely N-dealkylation sites (tertiary alicyclic amines) is 1. The predicted octanol–water partition coefficient (Wildman–Crippen LogP) is 4.38. The fourth-order valence-corrected chi connectivity index (χ4v) is 4.60. The van der Waals surface area contributed by atoms with Gasteiger partial charge in [0.05, 0.1) is 11.0 Å². The molecule has 0 saturated carbocycles. The first-order valence-electron chi connectivity index (χ1n) is 12.1. The maximum Gasteiger partial charge on any atom is 0.308 e. The number of aromatic nitrogens is 3. The molecule has 0 aliphatic carbocycles. The largest absolute Gasteiger partial charge is 0.427 e. The van der Waals surface area contributed by atoms with Gasteiger partial charge in [-0.25, -0.2) is 4.98 Å². The molecule has 1 saturated heterocycles. The molecule has 1 fully saturated rings. The first kappa shape index (κ1) is 22.3. The lowest BCUT2D eigenvalue weighted by atomic mass is 10.1. The van der Waals surface area contributed by atoms with Crippen molar-refractivity contribution >= 4 is 16.9 Å². The van der Waals surface area contributed by atoms with Crippen LogP contribution < -0.4 is 5.32 Å². The quantitative estimate of drug-likeness (QED) is 0.425. The minimum absolute atomic E-state index is 0.0517. The van der Waals surface area contributed by atoms with Crippen molar-refractivity contribution in [1.29, 1.82) is 0 Å².